The van der Waals surface area contributed by atoms with E-state index in [9.17, 15) is 32.9 Å². The molecule has 0 aromatic heterocycles. The van der Waals surface area contributed by atoms with Gasteiger partial charge in [-0.15, -0.1) is 0 Å². The van der Waals surface area contributed by atoms with Crippen molar-refractivity contribution in [1.82, 2.24) is 5.43 Å². The minimum Gasteiger partial charge on any atom is -0.321 e. The first kappa shape index (κ1) is 20.6. The monoisotopic (exact) mass is 428 g/mol. The molecule has 1 atom stereocenters. The van der Waals surface area contributed by atoms with Crippen molar-refractivity contribution in [3.8, 4) is 0 Å². The number of non-ortho nitro benzene ring substituents is 1. The topological polar surface area (TPSA) is 105 Å². The van der Waals surface area contributed by atoms with Gasteiger partial charge in [0.15, 0.2) is 0 Å². The van der Waals surface area contributed by atoms with E-state index in [4.69, 9.17) is 11.6 Å². The molecule has 2 aromatic carbocycles. The highest BCUT2D eigenvalue weighted by Gasteiger charge is 2.41. The van der Waals surface area contributed by atoms with Gasteiger partial charge >= 0.3 is 6.18 Å². The SMILES string of the molecule is O=C1CC(NNc2ccc([N+](=O)[O-])cc2)C(=O)N1c1ccc(Cl)c(C(F)(F)F)c1. The van der Waals surface area contributed by atoms with Crippen LogP contribution in [0.4, 0.5) is 30.2 Å². The van der Waals surface area contributed by atoms with Crippen LogP contribution in [0.25, 0.3) is 0 Å². The smallest absolute Gasteiger partial charge is 0.321 e. The van der Waals surface area contributed by atoms with Gasteiger partial charge in [-0.2, -0.15) is 13.2 Å². The molecule has 2 aromatic rings. The lowest BCUT2D eigenvalue weighted by atomic mass is 10.2. The van der Waals surface area contributed by atoms with Crippen LogP contribution in [-0.2, 0) is 15.8 Å². The van der Waals surface area contributed by atoms with Crippen LogP contribution in [0.3, 0.4) is 0 Å². The average Bonchev–Trinajstić information content (AvgIpc) is 2.93. The summed E-state index contributed by atoms with van der Waals surface area (Å²) in [5, 5.41) is 10.1. The van der Waals surface area contributed by atoms with E-state index in [1.165, 1.54) is 24.3 Å². The summed E-state index contributed by atoms with van der Waals surface area (Å²) in [7, 11) is 0. The van der Waals surface area contributed by atoms with Gasteiger partial charge in [-0.1, -0.05) is 11.6 Å². The second-order valence-corrected chi connectivity index (χ2v) is 6.47. The van der Waals surface area contributed by atoms with Crippen molar-refractivity contribution in [2.45, 2.75) is 18.6 Å². The minimum atomic E-state index is -4.74. The number of nitrogens with zero attached hydrogens (tertiary/aromatic N) is 2. The number of alkyl halides is 3. The fourth-order valence-electron chi connectivity index (χ4n) is 2.72. The van der Waals surface area contributed by atoms with E-state index in [0.717, 1.165) is 12.1 Å². The molecule has 1 saturated heterocycles. The van der Waals surface area contributed by atoms with Gasteiger partial charge in [0.1, 0.15) is 6.04 Å². The number of hydrazine groups is 1. The van der Waals surface area contributed by atoms with Crippen LogP contribution >= 0.6 is 11.6 Å². The third kappa shape index (κ3) is 4.30. The Hall–Kier alpha value is -3.18. The Labute approximate surface area is 166 Å². The van der Waals surface area contributed by atoms with Crippen LogP contribution < -0.4 is 15.8 Å². The van der Waals surface area contributed by atoms with Gasteiger partial charge in [-0.3, -0.25) is 19.7 Å². The quantitative estimate of drug-likeness (QED) is 0.429. The van der Waals surface area contributed by atoms with Crippen LogP contribution in [0.15, 0.2) is 42.5 Å². The van der Waals surface area contributed by atoms with Gasteiger partial charge in [0.25, 0.3) is 11.6 Å². The first-order valence-electron chi connectivity index (χ1n) is 8.07. The number of carbonyl (C=O) groups is 2. The lowest BCUT2D eigenvalue weighted by Gasteiger charge is -2.18. The second-order valence-electron chi connectivity index (χ2n) is 6.06. The lowest BCUT2D eigenvalue weighted by molar-refractivity contribution is -0.384. The summed E-state index contributed by atoms with van der Waals surface area (Å²) in [6.07, 6.45) is -5.03. The maximum atomic E-state index is 13.0. The number of nitro benzene ring substituents is 1. The van der Waals surface area contributed by atoms with Crippen molar-refractivity contribution in [2.75, 3.05) is 10.3 Å². The van der Waals surface area contributed by atoms with Gasteiger partial charge in [0.05, 0.1) is 27.6 Å². The number of anilines is 2. The second kappa shape index (κ2) is 7.68. The van der Waals surface area contributed by atoms with E-state index in [1.54, 1.807) is 0 Å². The standard InChI is InChI=1S/C17H12ClF3N4O4/c18-13-6-5-11(7-12(13)17(19,20)21)24-15(26)8-14(16(24)27)23-22-9-1-3-10(4-2-9)25(28)29/h1-7,14,22-23H,8H2. The van der Waals surface area contributed by atoms with Crippen molar-refractivity contribution in [3.05, 3.63) is 63.2 Å². The van der Waals surface area contributed by atoms with Crippen molar-refractivity contribution in [2.24, 2.45) is 0 Å². The molecule has 3 rings (SSSR count). The normalized spacial score (nSPS) is 17.0. The number of nitro groups is 1. The van der Waals surface area contributed by atoms with Crippen molar-refractivity contribution < 1.29 is 27.7 Å². The van der Waals surface area contributed by atoms with Gasteiger partial charge in [0, 0.05) is 17.8 Å². The van der Waals surface area contributed by atoms with Crippen LogP contribution in [-0.4, -0.2) is 22.8 Å². The summed E-state index contributed by atoms with van der Waals surface area (Å²) in [6, 6.07) is 6.98. The fraction of sp³-hybridized carbons (Fsp3) is 0.176. The molecular weight excluding hydrogens is 417 g/mol. The fourth-order valence-corrected chi connectivity index (χ4v) is 2.95. The number of amides is 2. The van der Waals surface area contributed by atoms with Crippen molar-refractivity contribution >= 4 is 40.5 Å². The predicted molar refractivity (Wildman–Crippen MR) is 97.2 cm³/mol. The summed E-state index contributed by atoms with van der Waals surface area (Å²) in [5.41, 5.74) is 4.12. The summed E-state index contributed by atoms with van der Waals surface area (Å²) in [5.74, 6) is -1.44. The first-order chi connectivity index (χ1) is 13.6. The number of nitrogens with one attached hydrogen (secondary N) is 2. The molecule has 8 nitrogen and oxygen atoms in total. The molecule has 0 saturated carbocycles. The highest BCUT2D eigenvalue weighted by atomic mass is 35.5. The molecule has 1 fully saturated rings. The highest BCUT2D eigenvalue weighted by molar-refractivity contribution is 6.31. The molecule has 0 bridgehead atoms. The Morgan fingerprint density at radius 2 is 1.79 bits per heavy atom. The zero-order valence-electron chi connectivity index (χ0n) is 14.4. The number of hydrogen-bond donors (Lipinski definition) is 2. The molecule has 1 heterocycles. The Morgan fingerprint density at radius 1 is 1.14 bits per heavy atom. The van der Waals surface area contributed by atoms with E-state index in [-0.39, 0.29) is 17.8 Å². The number of rotatable bonds is 5. The molecule has 2 amide bonds. The molecule has 152 valence electrons. The lowest BCUT2D eigenvalue weighted by Crippen LogP contribution is -2.41. The van der Waals surface area contributed by atoms with Crippen molar-refractivity contribution in [3.63, 3.8) is 0 Å². The van der Waals surface area contributed by atoms with Crippen LogP contribution in [0.2, 0.25) is 5.02 Å². The molecule has 1 aliphatic rings. The maximum absolute atomic E-state index is 13.0. The predicted octanol–water partition coefficient (Wildman–Crippen LogP) is 3.52. The Morgan fingerprint density at radius 3 is 2.38 bits per heavy atom. The van der Waals surface area contributed by atoms with E-state index in [1.807, 2.05) is 0 Å². The summed E-state index contributed by atoms with van der Waals surface area (Å²) < 4.78 is 39.1. The largest absolute Gasteiger partial charge is 0.417 e. The van der Waals surface area contributed by atoms with Gasteiger partial charge < -0.3 is 5.43 Å². The molecule has 1 unspecified atom stereocenters. The van der Waals surface area contributed by atoms with Crippen LogP contribution in [0.5, 0.6) is 0 Å². The molecule has 0 spiro atoms. The Kier molecular flexibility index (Phi) is 5.44. The first-order valence-corrected chi connectivity index (χ1v) is 8.45. The van der Waals surface area contributed by atoms with Crippen LogP contribution in [0, 0.1) is 10.1 Å². The minimum absolute atomic E-state index is 0.128. The highest BCUT2D eigenvalue weighted by Crippen LogP contribution is 2.37. The molecule has 0 radical (unpaired) electrons. The van der Waals surface area contributed by atoms with E-state index >= 15 is 0 Å². The molecule has 29 heavy (non-hydrogen) atoms. The zero-order chi connectivity index (χ0) is 21.3. The number of carbonyl (C=O) groups excluding carboxylic acids is 2. The third-order valence-corrected chi connectivity index (χ3v) is 4.46. The number of halogens is 4. The number of benzene rings is 2. The third-order valence-electron chi connectivity index (χ3n) is 4.13. The number of imide groups is 1. The van der Waals surface area contributed by atoms with Crippen molar-refractivity contribution in [1.29, 1.82) is 0 Å². The molecular formula is C17H12ClF3N4O4. The molecule has 0 aliphatic carbocycles. The summed E-state index contributed by atoms with van der Waals surface area (Å²) >= 11 is 5.56. The molecule has 12 heteroatoms. The van der Waals surface area contributed by atoms with Gasteiger partial charge in [-0.05, 0) is 30.3 Å². The van der Waals surface area contributed by atoms with E-state index in [2.05, 4.69) is 10.9 Å². The average molecular weight is 429 g/mol. The zero-order valence-corrected chi connectivity index (χ0v) is 15.1. The molecule has 2 N–H and O–H groups in total. The maximum Gasteiger partial charge on any atom is 0.417 e. The molecule has 1 aliphatic heterocycles. The Bertz CT molecular complexity index is 982. The summed E-state index contributed by atoms with van der Waals surface area (Å²) in [4.78, 5) is 35.5. The van der Waals surface area contributed by atoms with E-state index < -0.39 is 39.5 Å². The Balaban J connectivity index is 1.74. The van der Waals surface area contributed by atoms with Gasteiger partial charge in [-0.25, -0.2) is 10.3 Å². The summed E-state index contributed by atoms with van der Waals surface area (Å²) in [6.45, 7) is 0. The van der Waals surface area contributed by atoms with Gasteiger partial charge in [0.2, 0.25) is 5.91 Å². The van der Waals surface area contributed by atoms with E-state index in [0.29, 0.717) is 16.7 Å². The number of hydrogen-bond acceptors (Lipinski definition) is 6. The van der Waals surface area contributed by atoms with Crippen LogP contribution in [0.1, 0.15) is 12.0 Å².